The number of nitro benzene ring substituents is 1. The lowest BCUT2D eigenvalue weighted by molar-refractivity contribution is -0.382. The number of non-ortho nitro benzene ring substituents is 1. The molecule has 2 aromatic heterocycles. The molecule has 0 aliphatic carbocycles. The summed E-state index contributed by atoms with van der Waals surface area (Å²) in [5.41, 5.74) is 0.643. The highest BCUT2D eigenvalue weighted by Gasteiger charge is 2.18. The summed E-state index contributed by atoms with van der Waals surface area (Å²) < 4.78 is 2.22. The summed E-state index contributed by atoms with van der Waals surface area (Å²) in [6.07, 6.45) is 1.74. The van der Waals surface area contributed by atoms with Crippen LogP contribution in [0, 0.1) is 10.1 Å². The molecule has 2 heterocycles. The van der Waals surface area contributed by atoms with E-state index in [0.717, 1.165) is 17.0 Å². The van der Waals surface area contributed by atoms with Crippen LogP contribution in [0.25, 0.3) is 15.8 Å². The summed E-state index contributed by atoms with van der Waals surface area (Å²) in [5.74, 6) is 0.385. The van der Waals surface area contributed by atoms with Crippen molar-refractivity contribution in [3.05, 3.63) is 78.8 Å². The van der Waals surface area contributed by atoms with Crippen LogP contribution in [-0.2, 0) is 5.75 Å². The van der Waals surface area contributed by atoms with Crippen LogP contribution in [0.1, 0.15) is 5.69 Å². The van der Waals surface area contributed by atoms with Gasteiger partial charge in [0.25, 0.3) is 11.2 Å². The Morgan fingerprint density at radius 3 is 2.79 bits per heavy atom. The molecule has 0 amide bonds. The number of halogens is 2. The van der Waals surface area contributed by atoms with Crippen molar-refractivity contribution >= 4 is 62.1 Å². The third-order valence-corrected chi connectivity index (χ3v) is 6.53. The molecule has 0 unspecified atom stereocenters. The van der Waals surface area contributed by atoms with Gasteiger partial charge in [-0.05, 0) is 24.3 Å². The van der Waals surface area contributed by atoms with Crippen LogP contribution in [0.15, 0.2) is 51.7 Å². The number of nitro groups is 1. The molecular formula is C17H9Cl2N5O3S2. The molecule has 0 radical (unpaired) electrons. The van der Waals surface area contributed by atoms with Crippen molar-refractivity contribution < 1.29 is 4.92 Å². The molecule has 0 bridgehead atoms. The average Bonchev–Trinajstić information content (AvgIpc) is 3.15. The SMILES string of the molecule is O=c1nc(SCc2cn(-c3cccc(Cl)c3)nn2)sc2c([N+](=O)[O-])cc(Cl)cc12. The Bertz CT molecular complexity index is 1310. The van der Waals surface area contributed by atoms with Gasteiger partial charge in [0.05, 0.1) is 27.9 Å². The molecule has 0 N–H and O–H groups in total. The van der Waals surface area contributed by atoms with E-state index in [4.69, 9.17) is 23.2 Å². The van der Waals surface area contributed by atoms with Crippen molar-refractivity contribution in [2.24, 2.45) is 0 Å². The first kappa shape index (κ1) is 19.8. The molecule has 0 saturated heterocycles. The van der Waals surface area contributed by atoms with Crippen LogP contribution in [-0.4, -0.2) is 24.9 Å². The van der Waals surface area contributed by atoms with Crippen molar-refractivity contribution in [2.75, 3.05) is 0 Å². The predicted octanol–water partition coefficient (Wildman–Crippen LogP) is 4.74. The summed E-state index contributed by atoms with van der Waals surface area (Å²) in [4.78, 5) is 27.1. The minimum atomic E-state index is -0.561. The number of rotatable bonds is 5. The van der Waals surface area contributed by atoms with Crippen LogP contribution in [0.4, 0.5) is 5.69 Å². The van der Waals surface area contributed by atoms with E-state index in [9.17, 15) is 14.9 Å². The summed E-state index contributed by atoms with van der Waals surface area (Å²) in [6.45, 7) is 0. The van der Waals surface area contributed by atoms with E-state index in [1.54, 1.807) is 23.0 Å². The average molecular weight is 466 g/mol. The Morgan fingerprint density at radius 2 is 2.03 bits per heavy atom. The zero-order valence-electron chi connectivity index (χ0n) is 14.3. The number of thioether (sulfide) groups is 1. The maximum atomic E-state index is 12.3. The van der Waals surface area contributed by atoms with Gasteiger partial charge < -0.3 is 0 Å². The van der Waals surface area contributed by atoms with Gasteiger partial charge >= 0.3 is 0 Å². The molecular weight excluding hydrogens is 457 g/mol. The molecule has 0 aliphatic heterocycles. The van der Waals surface area contributed by atoms with Crippen molar-refractivity contribution in [1.29, 1.82) is 0 Å². The fraction of sp³-hybridized carbons (Fsp3) is 0.0588. The van der Waals surface area contributed by atoms with Gasteiger partial charge in [-0.25, -0.2) is 4.68 Å². The number of aromatic nitrogens is 4. The van der Waals surface area contributed by atoms with E-state index in [2.05, 4.69) is 15.3 Å². The largest absolute Gasteiger partial charge is 0.288 e. The van der Waals surface area contributed by atoms with Gasteiger partial charge in [-0.1, -0.05) is 46.2 Å². The first-order valence-electron chi connectivity index (χ1n) is 7.99. The molecule has 0 spiro atoms. The van der Waals surface area contributed by atoms with E-state index < -0.39 is 10.5 Å². The Hall–Kier alpha value is -2.53. The van der Waals surface area contributed by atoms with Crippen LogP contribution in [0.3, 0.4) is 0 Å². The molecule has 4 rings (SSSR count). The van der Waals surface area contributed by atoms with Crippen molar-refractivity contribution in [3.8, 4) is 5.69 Å². The summed E-state index contributed by atoms with van der Waals surface area (Å²) >= 11 is 14.2. The van der Waals surface area contributed by atoms with E-state index in [0.29, 0.717) is 20.8 Å². The van der Waals surface area contributed by atoms with E-state index in [-0.39, 0.29) is 20.8 Å². The first-order valence-corrected chi connectivity index (χ1v) is 10.6. The smallest absolute Gasteiger partial charge is 0.267 e. The highest BCUT2D eigenvalue weighted by molar-refractivity contribution is 8.00. The Morgan fingerprint density at radius 1 is 1.21 bits per heavy atom. The number of hydrogen-bond donors (Lipinski definition) is 0. The van der Waals surface area contributed by atoms with E-state index >= 15 is 0 Å². The molecule has 29 heavy (non-hydrogen) atoms. The first-order chi connectivity index (χ1) is 13.9. The van der Waals surface area contributed by atoms with Gasteiger partial charge in [0, 0.05) is 21.9 Å². The summed E-state index contributed by atoms with van der Waals surface area (Å²) in [7, 11) is 0. The summed E-state index contributed by atoms with van der Waals surface area (Å²) in [6, 6.07) is 9.79. The monoisotopic (exact) mass is 465 g/mol. The molecule has 12 heteroatoms. The second-order valence-electron chi connectivity index (χ2n) is 5.77. The second-order valence-corrected chi connectivity index (χ2v) is 8.86. The molecule has 0 aliphatic rings. The zero-order valence-corrected chi connectivity index (χ0v) is 17.4. The lowest BCUT2D eigenvalue weighted by Gasteiger charge is -2.02. The Balaban J connectivity index is 1.61. The lowest BCUT2D eigenvalue weighted by atomic mass is 10.2. The van der Waals surface area contributed by atoms with Gasteiger partial charge in [-0.3, -0.25) is 14.9 Å². The van der Waals surface area contributed by atoms with Gasteiger partial charge in [0.1, 0.15) is 4.70 Å². The van der Waals surface area contributed by atoms with Crippen LogP contribution < -0.4 is 5.56 Å². The van der Waals surface area contributed by atoms with Gasteiger partial charge in [-0.15, -0.1) is 16.4 Å². The third kappa shape index (κ3) is 4.25. The van der Waals surface area contributed by atoms with Crippen molar-refractivity contribution in [3.63, 3.8) is 0 Å². The van der Waals surface area contributed by atoms with Crippen molar-refractivity contribution in [2.45, 2.75) is 10.1 Å². The topological polar surface area (TPSA) is 104 Å². The van der Waals surface area contributed by atoms with Crippen LogP contribution >= 0.6 is 46.3 Å². The van der Waals surface area contributed by atoms with E-state index in [1.165, 1.54) is 23.9 Å². The number of fused-ring (bicyclic) bond motifs is 1. The molecule has 0 fully saturated rings. The van der Waals surface area contributed by atoms with E-state index in [1.807, 2.05) is 12.1 Å². The van der Waals surface area contributed by atoms with Gasteiger partial charge in [0.2, 0.25) is 0 Å². The maximum Gasteiger partial charge on any atom is 0.288 e. The fourth-order valence-electron chi connectivity index (χ4n) is 2.54. The van der Waals surface area contributed by atoms with Crippen molar-refractivity contribution in [1.82, 2.24) is 20.0 Å². The number of hydrogen-bond acceptors (Lipinski definition) is 8. The predicted molar refractivity (Wildman–Crippen MR) is 113 cm³/mol. The molecule has 0 atom stereocenters. The van der Waals surface area contributed by atoms with Crippen LogP contribution in [0.2, 0.25) is 10.0 Å². The molecule has 146 valence electrons. The number of benzene rings is 2. The normalized spacial score (nSPS) is 11.1. The highest BCUT2D eigenvalue weighted by atomic mass is 35.5. The number of nitrogens with zero attached hydrogens (tertiary/aromatic N) is 5. The molecule has 0 saturated carbocycles. The summed E-state index contributed by atoms with van der Waals surface area (Å²) in [5, 5.41) is 20.3. The van der Waals surface area contributed by atoms with Crippen LogP contribution in [0.5, 0.6) is 0 Å². The minimum Gasteiger partial charge on any atom is -0.267 e. The Kier molecular flexibility index (Phi) is 5.50. The molecule has 8 nitrogen and oxygen atoms in total. The highest BCUT2D eigenvalue weighted by Crippen LogP contribution is 2.35. The van der Waals surface area contributed by atoms with Gasteiger partial charge in [-0.2, -0.15) is 4.98 Å². The maximum absolute atomic E-state index is 12.3. The lowest BCUT2D eigenvalue weighted by Crippen LogP contribution is -2.06. The zero-order chi connectivity index (χ0) is 20.5. The third-order valence-electron chi connectivity index (χ3n) is 3.80. The quantitative estimate of drug-likeness (QED) is 0.238. The molecule has 4 aromatic rings. The second kappa shape index (κ2) is 8.07. The molecule has 2 aromatic carbocycles. The standard InChI is InChI=1S/C17H9Cl2N5O3S2/c18-9-2-1-3-12(4-9)23-7-11(21-22-23)8-28-17-20-16(25)13-5-10(19)6-14(24(26)27)15(13)29-17/h1-7H,8H2. The minimum absolute atomic E-state index is 0.119. The van der Waals surface area contributed by atoms with Gasteiger partial charge in [0.15, 0.2) is 4.34 Å². The fourth-order valence-corrected chi connectivity index (χ4v) is 4.95. The Labute approximate surface area is 181 Å².